The van der Waals surface area contributed by atoms with Gasteiger partial charge in [0, 0.05) is 13.1 Å². The predicted molar refractivity (Wildman–Crippen MR) is 67.3 cm³/mol. The van der Waals surface area contributed by atoms with E-state index in [1.54, 1.807) is 4.90 Å². The number of nitrogens with one attached hydrogen (secondary N) is 1. The van der Waals surface area contributed by atoms with Crippen LogP contribution in [0.15, 0.2) is 0 Å². The Labute approximate surface area is 115 Å². The molecule has 114 valence electrons. The van der Waals surface area contributed by atoms with Crippen molar-refractivity contribution in [3.8, 4) is 0 Å². The highest BCUT2D eigenvalue weighted by molar-refractivity contribution is 5.76. The van der Waals surface area contributed by atoms with Gasteiger partial charge in [0.25, 0.3) is 0 Å². The first-order chi connectivity index (χ1) is 9.32. The Hall–Kier alpha value is -1.71. The molecule has 0 radical (unpaired) electrons. The lowest BCUT2D eigenvalue weighted by Gasteiger charge is -2.25. The van der Waals surface area contributed by atoms with E-state index < -0.39 is 36.0 Å². The molecule has 20 heavy (non-hydrogen) atoms. The Bertz CT molecular complexity index is 388. The third kappa shape index (κ3) is 4.44. The van der Waals surface area contributed by atoms with Crippen molar-refractivity contribution in [2.24, 2.45) is 5.73 Å². The number of likely N-dealkylation sites (tertiary alicyclic amines) is 1. The molecule has 0 aromatic rings. The van der Waals surface area contributed by atoms with Crippen LogP contribution in [0.2, 0.25) is 0 Å². The van der Waals surface area contributed by atoms with Gasteiger partial charge in [-0.15, -0.1) is 0 Å². The molecular formula is C11H19N3O6. The summed E-state index contributed by atoms with van der Waals surface area (Å²) in [6, 6.07) is -2.95. The fourth-order valence-electron chi connectivity index (χ4n) is 2.15. The van der Waals surface area contributed by atoms with E-state index in [1.165, 1.54) is 0 Å². The summed E-state index contributed by atoms with van der Waals surface area (Å²) >= 11 is 0. The van der Waals surface area contributed by atoms with E-state index in [4.69, 9.17) is 21.1 Å². The molecule has 1 aliphatic heterocycles. The highest BCUT2D eigenvalue weighted by Crippen LogP contribution is 2.17. The lowest BCUT2D eigenvalue weighted by atomic mass is 10.2. The van der Waals surface area contributed by atoms with Crippen molar-refractivity contribution >= 4 is 17.9 Å². The summed E-state index contributed by atoms with van der Waals surface area (Å²) in [6.07, 6.45) is 1.17. The third-order valence-corrected chi connectivity index (χ3v) is 3.27. The molecule has 1 fully saturated rings. The van der Waals surface area contributed by atoms with Crippen molar-refractivity contribution in [3.05, 3.63) is 0 Å². The lowest BCUT2D eigenvalue weighted by Crippen LogP contribution is -2.52. The zero-order valence-electron chi connectivity index (χ0n) is 10.9. The van der Waals surface area contributed by atoms with Crippen molar-refractivity contribution in [2.45, 2.75) is 31.0 Å². The van der Waals surface area contributed by atoms with Crippen LogP contribution in [-0.2, 0) is 14.4 Å². The van der Waals surface area contributed by atoms with Crippen LogP contribution in [0, 0.1) is 0 Å². The van der Waals surface area contributed by atoms with Crippen molar-refractivity contribution in [1.82, 2.24) is 10.2 Å². The molecule has 6 N–H and O–H groups in total. The molecule has 1 rings (SSSR count). The average molecular weight is 289 g/mol. The quantitative estimate of drug-likeness (QED) is 0.341. The van der Waals surface area contributed by atoms with Crippen LogP contribution in [-0.4, -0.2) is 75.9 Å². The zero-order valence-corrected chi connectivity index (χ0v) is 10.9. The molecule has 9 nitrogen and oxygen atoms in total. The molecular weight excluding hydrogens is 270 g/mol. The second kappa shape index (κ2) is 7.17. The molecule has 0 saturated carbocycles. The molecule has 0 aromatic heterocycles. The van der Waals surface area contributed by atoms with Gasteiger partial charge in [-0.25, -0.2) is 0 Å². The highest BCUT2D eigenvalue weighted by atomic mass is 16.4. The Balaban J connectivity index is 2.56. The van der Waals surface area contributed by atoms with Crippen LogP contribution in [0.25, 0.3) is 0 Å². The molecule has 0 aromatic carbocycles. The Kier molecular flexibility index (Phi) is 5.86. The van der Waals surface area contributed by atoms with Crippen LogP contribution in [0.3, 0.4) is 0 Å². The van der Waals surface area contributed by atoms with Gasteiger partial charge in [-0.2, -0.15) is 0 Å². The highest BCUT2D eigenvalue weighted by Gasteiger charge is 2.33. The summed E-state index contributed by atoms with van der Waals surface area (Å²) < 4.78 is 0. The number of nitrogens with zero attached hydrogens (tertiary/aromatic N) is 1. The summed E-state index contributed by atoms with van der Waals surface area (Å²) in [5, 5.41) is 29.3. The second-order valence-corrected chi connectivity index (χ2v) is 4.74. The topological polar surface area (TPSA) is 153 Å². The molecule has 0 bridgehead atoms. The number of nitrogens with two attached hydrogens (primary N) is 1. The van der Waals surface area contributed by atoms with Crippen LogP contribution in [0.5, 0.6) is 0 Å². The normalized spacial score (nSPS) is 22.4. The number of aliphatic carboxylic acids is 3. The third-order valence-electron chi connectivity index (χ3n) is 3.27. The van der Waals surface area contributed by atoms with Crippen LogP contribution in [0.1, 0.15) is 12.8 Å². The maximum atomic E-state index is 11.1. The number of rotatable bonds is 8. The van der Waals surface area contributed by atoms with Crippen molar-refractivity contribution in [2.75, 3.05) is 19.6 Å². The minimum absolute atomic E-state index is 0.00135. The smallest absolute Gasteiger partial charge is 0.322 e. The summed E-state index contributed by atoms with van der Waals surface area (Å²) in [7, 11) is 0. The van der Waals surface area contributed by atoms with Gasteiger partial charge in [0.15, 0.2) is 0 Å². The van der Waals surface area contributed by atoms with E-state index in [-0.39, 0.29) is 13.1 Å². The Morgan fingerprint density at radius 3 is 2.40 bits per heavy atom. The van der Waals surface area contributed by atoms with Gasteiger partial charge in [0.2, 0.25) is 0 Å². The molecule has 0 spiro atoms. The summed E-state index contributed by atoms with van der Waals surface area (Å²) in [6.45, 7) is 0.309. The fraction of sp³-hybridized carbons (Fsp3) is 0.727. The number of hydrogen-bond donors (Lipinski definition) is 5. The predicted octanol–water partition coefficient (Wildman–Crippen LogP) is -2.01. The van der Waals surface area contributed by atoms with Gasteiger partial charge in [-0.3, -0.25) is 19.3 Å². The maximum absolute atomic E-state index is 11.1. The molecule has 1 aliphatic rings. The molecule has 9 heteroatoms. The largest absolute Gasteiger partial charge is 0.480 e. The van der Waals surface area contributed by atoms with Gasteiger partial charge in [-0.1, -0.05) is 0 Å². The van der Waals surface area contributed by atoms with E-state index >= 15 is 0 Å². The molecule has 3 atom stereocenters. The van der Waals surface area contributed by atoms with Gasteiger partial charge in [0.05, 0.1) is 0 Å². The van der Waals surface area contributed by atoms with E-state index in [1.807, 2.05) is 0 Å². The number of carboxylic acids is 3. The molecule has 1 saturated heterocycles. The van der Waals surface area contributed by atoms with Crippen molar-refractivity contribution < 1.29 is 29.7 Å². The SMILES string of the molecule is N[C@@H](CN[C@@H](CN1CCC[C@@H]1C(=O)O)C(=O)O)C(=O)O. The first kappa shape index (κ1) is 16.3. The number of hydrogen-bond acceptors (Lipinski definition) is 6. The van der Waals surface area contributed by atoms with Gasteiger partial charge < -0.3 is 26.4 Å². The molecule has 0 aliphatic carbocycles. The van der Waals surface area contributed by atoms with Crippen LogP contribution < -0.4 is 11.1 Å². The molecule has 0 amide bonds. The lowest BCUT2D eigenvalue weighted by molar-refractivity contribution is -0.145. The van der Waals surface area contributed by atoms with Crippen LogP contribution >= 0.6 is 0 Å². The van der Waals surface area contributed by atoms with Crippen molar-refractivity contribution in [3.63, 3.8) is 0 Å². The van der Waals surface area contributed by atoms with Crippen molar-refractivity contribution in [1.29, 1.82) is 0 Å². The summed E-state index contributed by atoms with van der Waals surface area (Å²) in [5.41, 5.74) is 5.29. The monoisotopic (exact) mass is 289 g/mol. The Morgan fingerprint density at radius 1 is 1.25 bits per heavy atom. The fourth-order valence-corrected chi connectivity index (χ4v) is 2.15. The minimum Gasteiger partial charge on any atom is -0.480 e. The standard InChI is InChI=1S/C11H19N3O6/c12-6(9(15)16)4-13-7(10(17)18)5-14-3-1-2-8(14)11(19)20/h6-8,13H,1-5,12H2,(H,15,16)(H,17,18)(H,19,20)/t6-,7-,8+/m0/s1. The number of carbonyl (C=O) groups is 3. The van der Waals surface area contributed by atoms with Gasteiger partial charge in [0.1, 0.15) is 18.1 Å². The summed E-state index contributed by atoms with van der Waals surface area (Å²) in [4.78, 5) is 34.3. The molecule has 0 unspecified atom stereocenters. The maximum Gasteiger partial charge on any atom is 0.322 e. The van der Waals surface area contributed by atoms with E-state index in [2.05, 4.69) is 5.32 Å². The van der Waals surface area contributed by atoms with Gasteiger partial charge in [-0.05, 0) is 19.4 Å². The number of carboxylic acid groups (broad SMARTS) is 3. The van der Waals surface area contributed by atoms with E-state index in [9.17, 15) is 14.4 Å². The first-order valence-electron chi connectivity index (χ1n) is 6.24. The second-order valence-electron chi connectivity index (χ2n) is 4.74. The molecule has 1 heterocycles. The van der Waals surface area contributed by atoms with E-state index in [0.717, 1.165) is 0 Å². The summed E-state index contributed by atoms with van der Waals surface area (Å²) in [5.74, 6) is -3.38. The minimum atomic E-state index is -1.23. The van der Waals surface area contributed by atoms with E-state index in [0.29, 0.717) is 19.4 Å². The van der Waals surface area contributed by atoms with Crippen LogP contribution in [0.4, 0.5) is 0 Å². The van der Waals surface area contributed by atoms with Gasteiger partial charge >= 0.3 is 17.9 Å². The Morgan fingerprint density at radius 2 is 1.90 bits per heavy atom. The first-order valence-corrected chi connectivity index (χ1v) is 6.24. The average Bonchev–Trinajstić information content (AvgIpc) is 2.81. The zero-order chi connectivity index (χ0) is 15.3.